The lowest BCUT2D eigenvalue weighted by Gasteiger charge is -2.09. The van der Waals surface area contributed by atoms with Crippen LogP contribution in [0, 0.1) is 0 Å². The van der Waals surface area contributed by atoms with E-state index in [1.54, 1.807) is 0 Å². The Kier molecular flexibility index (Phi) is 11.4. The van der Waals surface area contributed by atoms with Crippen LogP contribution in [-0.4, -0.2) is 51.2 Å². The normalized spacial score (nSPS) is 10.8. The standard InChI is InChI=1S/C13H28N2O2/c1-4-5-6-12-17-13(16)8-10-14-9-7-11-15(2)3/h14H,4-12H2,1-3H3. The Morgan fingerprint density at radius 2 is 1.94 bits per heavy atom. The van der Waals surface area contributed by atoms with Gasteiger partial charge in [-0.3, -0.25) is 4.79 Å². The van der Waals surface area contributed by atoms with Crippen molar-refractivity contribution < 1.29 is 9.53 Å². The number of nitrogens with zero attached hydrogens (tertiary/aromatic N) is 1. The van der Waals surface area contributed by atoms with Crippen molar-refractivity contribution in [3.63, 3.8) is 0 Å². The van der Waals surface area contributed by atoms with E-state index in [0.717, 1.165) is 45.3 Å². The summed E-state index contributed by atoms with van der Waals surface area (Å²) in [5.41, 5.74) is 0. The monoisotopic (exact) mass is 244 g/mol. The van der Waals surface area contributed by atoms with Crippen molar-refractivity contribution in [3.8, 4) is 0 Å². The third kappa shape index (κ3) is 13.3. The van der Waals surface area contributed by atoms with Crippen molar-refractivity contribution in [3.05, 3.63) is 0 Å². The molecule has 0 aliphatic rings. The van der Waals surface area contributed by atoms with Crippen molar-refractivity contribution >= 4 is 5.97 Å². The van der Waals surface area contributed by atoms with Crippen LogP contribution >= 0.6 is 0 Å². The zero-order valence-corrected chi connectivity index (χ0v) is 11.6. The summed E-state index contributed by atoms with van der Waals surface area (Å²) < 4.78 is 5.10. The molecule has 0 aromatic rings. The van der Waals surface area contributed by atoms with Crippen LogP contribution in [0.25, 0.3) is 0 Å². The molecule has 0 rings (SSSR count). The maximum atomic E-state index is 11.3. The Labute approximate surface area is 106 Å². The second-order valence-electron chi connectivity index (χ2n) is 4.58. The van der Waals surface area contributed by atoms with Crippen LogP contribution in [0.4, 0.5) is 0 Å². The molecule has 0 fully saturated rings. The molecule has 0 aliphatic carbocycles. The van der Waals surface area contributed by atoms with Crippen LogP contribution in [0.2, 0.25) is 0 Å². The highest BCUT2D eigenvalue weighted by atomic mass is 16.5. The van der Waals surface area contributed by atoms with Gasteiger partial charge in [0, 0.05) is 6.54 Å². The van der Waals surface area contributed by atoms with Crippen LogP contribution in [-0.2, 0) is 9.53 Å². The van der Waals surface area contributed by atoms with E-state index in [4.69, 9.17) is 4.74 Å². The molecule has 1 N–H and O–H groups in total. The fourth-order valence-electron chi connectivity index (χ4n) is 1.45. The van der Waals surface area contributed by atoms with Gasteiger partial charge in [-0.25, -0.2) is 0 Å². The van der Waals surface area contributed by atoms with Gasteiger partial charge in [0.25, 0.3) is 0 Å². The van der Waals surface area contributed by atoms with Gasteiger partial charge < -0.3 is 15.0 Å². The smallest absolute Gasteiger partial charge is 0.307 e. The van der Waals surface area contributed by atoms with Crippen LogP contribution in [0.15, 0.2) is 0 Å². The zero-order chi connectivity index (χ0) is 12.9. The molecule has 0 spiro atoms. The molecule has 102 valence electrons. The van der Waals surface area contributed by atoms with Crippen LogP contribution in [0.1, 0.15) is 39.0 Å². The summed E-state index contributed by atoms with van der Waals surface area (Å²) in [7, 11) is 4.13. The van der Waals surface area contributed by atoms with Crippen molar-refractivity contribution in [1.82, 2.24) is 10.2 Å². The third-order valence-electron chi connectivity index (χ3n) is 2.48. The van der Waals surface area contributed by atoms with E-state index in [9.17, 15) is 4.79 Å². The largest absolute Gasteiger partial charge is 0.466 e. The first kappa shape index (κ1) is 16.4. The predicted octanol–water partition coefficient (Wildman–Crippen LogP) is 1.65. The van der Waals surface area contributed by atoms with E-state index in [-0.39, 0.29) is 5.97 Å². The van der Waals surface area contributed by atoms with Crippen molar-refractivity contribution in [2.45, 2.75) is 39.0 Å². The molecule has 4 nitrogen and oxygen atoms in total. The van der Waals surface area contributed by atoms with Gasteiger partial charge in [-0.2, -0.15) is 0 Å². The van der Waals surface area contributed by atoms with Crippen LogP contribution in [0.5, 0.6) is 0 Å². The average molecular weight is 244 g/mol. The Morgan fingerprint density at radius 1 is 1.18 bits per heavy atom. The molecule has 4 heteroatoms. The summed E-state index contributed by atoms with van der Waals surface area (Å²) in [6, 6.07) is 0. The summed E-state index contributed by atoms with van der Waals surface area (Å²) >= 11 is 0. The van der Waals surface area contributed by atoms with Gasteiger partial charge in [-0.05, 0) is 40.0 Å². The van der Waals surface area contributed by atoms with Gasteiger partial charge in [0.2, 0.25) is 0 Å². The number of carbonyl (C=O) groups is 1. The SMILES string of the molecule is CCCCCOC(=O)CCNCCCN(C)C. The van der Waals surface area contributed by atoms with Crippen molar-refractivity contribution in [1.29, 1.82) is 0 Å². The molecule has 0 radical (unpaired) electrons. The molecule has 0 aromatic carbocycles. The van der Waals surface area contributed by atoms with E-state index in [1.807, 2.05) is 0 Å². The summed E-state index contributed by atoms with van der Waals surface area (Å²) in [6.45, 7) is 5.47. The molecule has 0 heterocycles. The lowest BCUT2D eigenvalue weighted by molar-refractivity contribution is -0.143. The second kappa shape index (κ2) is 11.9. The molecule has 0 unspecified atom stereocenters. The minimum Gasteiger partial charge on any atom is -0.466 e. The maximum absolute atomic E-state index is 11.3. The molecule has 0 aromatic heterocycles. The highest BCUT2D eigenvalue weighted by molar-refractivity contribution is 5.69. The van der Waals surface area contributed by atoms with Gasteiger partial charge in [0.1, 0.15) is 0 Å². The van der Waals surface area contributed by atoms with Gasteiger partial charge >= 0.3 is 5.97 Å². The molecule has 17 heavy (non-hydrogen) atoms. The zero-order valence-electron chi connectivity index (χ0n) is 11.6. The number of rotatable bonds is 11. The fraction of sp³-hybridized carbons (Fsp3) is 0.923. The lowest BCUT2D eigenvalue weighted by atomic mass is 10.3. The van der Waals surface area contributed by atoms with Crippen molar-refractivity contribution in [2.75, 3.05) is 40.3 Å². The minimum atomic E-state index is -0.0822. The number of hydrogen-bond donors (Lipinski definition) is 1. The Hall–Kier alpha value is -0.610. The molecule has 0 bridgehead atoms. The Balaban J connectivity index is 3.16. The van der Waals surface area contributed by atoms with Gasteiger partial charge in [-0.1, -0.05) is 19.8 Å². The lowest BCUT2D eigenvalue weighted by Crippen LogP contribution is -2.24. The summed E-state index contributed by atoms with van der Waals surface area (Å²) in [4.78, 5) is 13.4. The quantitative estimate of drug-likeness (QED) is 0.443. The Morgan fingerprint density at radius 3 is 2.59 bits per heavy atom. The van der Waals surface area contributed by atoms with Gasteiger partial charge in [0.15, 0.2) is 0 Å². The highest BCUT2D eigenvalue weighted by Crippen LogP contribution is 1.95. The first-order valence-electron chi connectivity index (χ1n) is 6.68. The molecule has 0 atom stereocenters. The second-order valence-corrected chi connectivity index (χ2v) is 4.58. The minimum absolute atomic E-state index is 0.0822. The summed E-state index contributed by atoms with van der Waals surface area (Å²) in [5.74, 6) is -0.0822. The number of esters is 1. The fourth-order valence-corrected chi connectivity index (χ4v) is 1.45. The molecule has 0 saturated carbocycles. The first-order valence-corrected chi connectivity index (χ1v) is 6.68. The molecule has 0 amide bonds. The average Bonchev–Trinajstić information content (AvgIpc) is 2.29. The number of unbranched alkanes of at least 4 members (excludes halogenated alkanes) is 2. The van der Waals surface area contributed by atoms with E-state index in [1.165, 1.54) is 0 Å². The van der Waals surface area contributed by atoms with E-state index in [2.05, 4.69) is 31.2 Å². The van der Waals surface area contributed by atoms with Gasteiger partial charge in [-0.15, -0.1) is 0 Å². The molecule has 0 saturated heterocycles. The number of ether oxygens (including phenoxy) is 1. The third-order valence-corrected chi connectivity index (χ3v) is 2.48. The number of nitrogens with one attached hydrogen (secondary N) is 1. The highest BCUT2D eigenvalue weighted by Gasteiger charge is 2.01. The van der Waals surface area contributed by atoms with Crippen LogP contribution in [0.3, 0.4) is 0 Å². The molecular formula is C13H28N2O2. The van der Waals surface area contributed by atoms with E-state index < -0.39 is 0 Å². The van der Waals surface area contributed by atoms with E-state index >= 15 is 0 Å². The predicted molar refractivity (Wildman–Crippen MR) is 71.1 cm³/mol. The molecular weight excluding hydrogens is 216 g/mol. The van der Waals surface area contributed by atoms with E-state index in [0.29, 0.717) is 13.0 Å². The first-order chi connectivity index (χ1) is 8.16. The summed E-state index contributed by atoms with van der Waals surface area (Å²) in [5, 5.41) is 3.25. The van der Waals surface area contributed by atoms with Crippen LogP contribution < -0.4 is 5.32 Å². The molecule has 0 aliphatic heterocycles. The van der Waals surface area contributed by atoms with Gasteiger partial charge in [0.05, 0.1) is 13.0 Å². The maximum Gasteiger partial charge on any atom is 0.307 e. The number of hydrogen-bond acceptors (Lipinski definition) is 4. The summed E-state index contributed by atoms with van der Waals surface area (Å²) in [6.07, 6.45) is 4.87. The van der Waals surface area contributed by atoms with Crippen molar-refractivity contribution in [2.24, 2.45) is 0 Å². The number of carbonyl (C=O) groups excluding carboxylic acids is 1. The Bertz CT molecular complexity index is 184. The topological polar surface area (TPSA) is 41.6 Å².